The number of nitrogens with one attached hydrogen (secondary N) is 1. The van der Waals surface area contributed by atoms with Crippen LogP contribution in [0, 0.1) is 5.82 Å². The first-order valence-corrected chi connectivity index (χ1v) is 6.29. The van der Waals surface area contributed by atoms with Crippen LogP contribution in [0.4, 0.5) is 17.6 Å². The van der Waals surface area contributed by atoms with Crippen molar-refractivity contribution in [1.29, 1.82) is 0 Å². The van der Waals surface area contributed by atoms with Crippen LogP contribution in [-0.4, -0.2) is 0 Å². The van der Waals surface area contributed by atoms with Crippen molar-refractivity contribution in [2.24, 2.45) is 5.84 Å². The summed E-state index contributed by atoms with van der Waals surface area (Å²) in [5, 5.41) is 0.346. The van der Waals surface area contributed by atoms with E-state index in [9.17, 15) is 17.6 Å². The van der Waals surface area contributed by atoms with Crippen LogP contribution < -0.4 is 11.3 Å². The zero-order valence-electron chi connectivity index (χ0n) is 10.6. The Bertz CT molecular complexity index is 643. The molecule has 0 radical (unpaired) electrons. The summed E-state index contributed by atoms with van der Waals surface area (Å²) in [6.45, 7) is 0. The fourth-order valence-corrected chi connectivity index (χ4v) is 2.26. The highest BCUT2D eigenvalue weighted by molar-refractivity contribution is 6.31. The van der Waals surface area contributed by atoms with E-state index in [1.807, 2.05) is 0 Å². The van der Waals surface area contributed by atoms with Crippen molar-refractivity contribution in [3.63, 3.8) is 0 Å². The smallest absolute Gasteiger partial charge is 0.271 e. The molecule has 0 bridgehead atoms. The Kier molecular flexibility index (Phi) is 4.51. The molecule has 0 aliphatic carbocycles. The quantitative estimate of drug-likeness (QED) is 0.509. The van der Waals surface area contributed by atoms with E-state index in [4.69, 9.17) is 17.4 Å². The second-order valence-corrected chi connectivity index (χ2v) is 4.77. The third-order valence-electron chi connectivity index (χ3n) is 3.01. The summed E-state index contributed by atoms with van der Waals surface area (Å²) in [6.07, 6.45) is -4.78. The zero-order chi connectivity index (χ0) is 15.6. The maximum absolute atomic E-state index is 13.3. The van der Waals surface area contributed by atoms with Crippen LogP contribution >= 0.6 is 11.6 Å². The highest BCUT2D eigenvalue weighted by atomic mass is 35.5. The minimum absolute atomic E-state index is 0.166. The molecule has 21 heavy (non-hydrogen) atoms. The third kappa shape index (κ3) is 3.34. The number of nitrogens with two attached hydrogens (primary N) is 1. The Morgan fingerprint density at radius 2 is 1.76 bits per heavy atom. The Labute approximate surface area is 123 Å². The molecule has 0 spiro atoms. The van der Waals surface area contributed by atoms with Crippen LogP contribution in [-0.2, 0) is 6.18 Å². The lowest BCUT2D eigenvalue weighted by molar-refractivity contribution is -0.140. The van der Waals surface area contributed by atoms with E-state index in [0.717, 1.165) is 12.1 Å². The molecular weight excluding hydrogens is 308 g/mol. The molecule has 112 valence electrons. The van der Waals surface area contributed by atoms with Crippen LogP contribution in [0.2, 0.25) is 5.02 Å². The molecule has 0 saturated heterocycles. The van der Waals surface area contributed by atoms with E-state index in [1.165, 1.54) is 6.07 Å². The summed E-state index contributed by atoms with van der Waals surface area (Å²) in [5.41, 5.74) is 1.73. The summed E-state index contributed by atoms with van der Waals surface area (Å²) in [6, 6.07) is 8.53. The number of benzene rings is 2. The molecule has 2 aromatic carbocycles. The van der Waals surface area contributed by atoms with Crippen molar-refractivity contribution in [1.82, 2.24) is 5.43 Å². The fraction of sp³-hybridized carbons (Fsp3) is 0.143. The summed E-state index contributed by atoms with van der Waals surface area (Å²) in [7, 11) is 0. The van der Waals surface area contributed by atoms with Gasteiger partial charge in [-0.2, -0.15) is 13.2 Å². The number of halogens is 5. The molecular formula is C14H11ClF4N2. The highest BCUT2D eigenvalue weighted by Crippen LogP contribution is 2.35. The van der Waals surface area contributed by atoms with Crippen LogP contribution in [0.25, 0.3) is 0 Å². The van der Waals surface area contributed by atoms with E-state index in [-0.39, 0.29) is 5.56 Å². The number of hydrazine groups is 1. The predicted octanol–water partition coefficient (Wildman–Crippen LogP) is 4.05. The Hall–Kier alpha value is -1.63. The van der Waals surface area contributed by atoms with Gasteiger partial charge in [0.15, 0.2) is 0 Å². The van der Waals surface area contributed by atoms with Gasteiger partial charge < -0.3 is 0 Å². The SMILES string of the molecule is NNC(c1ccc(F)c(C(F)(F)F)c1)c1ccccc1Cl. The van der Waals surface area contributed by atoms with Gasteiger partial charge in [0.05, 0.1) is 11.6 Å². The van der Waals surface area contributed by atoms with Crippen molar-refractivity contribution in [2.75, 3.05) is 0 Å². The molecule has 3 N–H and O–H groups in total. The van der Waals surface area contributed by atoms with Crippen LogP contribution in [0.1, 0.15) is 22.7 Å². The lowest BCUT2D eigenvalue weighted by atomic mass is 9.97. The first kappa shape index (κ1) is 15.8. The maximum atomic E-state index is 13.3. The second kappa shape index (κ2) is 6.01. The summed E-state index contributed by atoms with van der Waals surface area (Å²) in [5.74, 6) is 4.09. The molecule has 7 heteroatoms. The van der Waals surface area contributed by atoms with E-state index >= 15 is 0 Å². The molecule has 2 aromatic rings. The number of hydrogen-bond donors (Lipinski definition) is 2. The molecule has 0 aromatic heterocycles. The van der Waals surface area contributed by atoms with Crippen molar-refractivity contribution in [2.45, 2.75) is 12.2 Å². The van der Waals surface area contributed by atoms with Crippen LogP contribution in [0.15, 0.2) is 42.5 Å². The van der Waals surface area contributed by atoms with Gasteiger partial charge in [0.2, 0.25) is 0 Å². The van der Waals surface area contributed by atoms with Gasteiger partial charge in [-0.25, -0.2) is 9.82 Å². The van der Waals surface area contributed by atoms with E-state index in [1.54, 1.807) is 24.3 Å². The monoisotopic (exact) mass is 318 g/mol. The molecule has 0 heterocycles. The average Bonchev–Trinajstić information content (AvgIpc) is 2.42. The van der Waals surface area contributed by atoms with Crippen LogP contribution in [0.5, 0.6) is 0 Å². The topological polar surface area (TPSA) is 38.0 Å². The molecule has 0 saturated carbocycles. The van der Waals surface area contributed by atoms with Gasteiger partial charge in [0.25, 0.3) is 0 Å². The van der Waals surface area contributed by atoms with Crippen molar-refractivity contribution >= 4 is 11.6 Å². The molecule has 0 aliphatic heterocycles. The lowest BCUT2D eigenvalue weighted by Gasteiger charge is -2.19. The Balaban J connectivity index is 2.52. The normalized spacial score (nSPS) is 13.2. The van der Waals surface area contributed by atoms with Gasteiger partial charge in [-0.3, -0.25) is 5.84 Å². The first-order chi connectivity index (χ1) is 9.84. The minimum atomic E-state index is -4.78. The lowest BCUT2D eigenvalue weighted by Crippen LogP contribution is -2.29. The van der Waals surface area contributed by atoms with Crippen LogP contribution in [0.3, 0.4) is 0 Å². The Morgan fingerprint density at radius 3 is 2.33 bits per heavy atom. The standard InChI is InChI=1S/C14H11ClF4N2/c15-11-4-2-1-3-9(11)13(21-20)8-5-6-12(16)10(7-8)14(17,18)19/h1-7,13,21H,20H2. The summed E-state index contributed by atoms with van der Waals surface area (Å²) >= 11 is 6.02. The molecule has 0 aliphatic rings. The number of alkyl halides is 3. The zero-order valence-corrected chi connectivity index (χ0v) is 11.3. The van der Waals surface area contributed by atoms with Crippen molar-refractivity contribution in [3.05, 3.63) is 70.0 Å². The van der Waals surface area contributed by atoms with Gasteiger partial charge in [0, 0.05) is 5.02 Å². The fourth-order valence-electron chi connectivity index (χ4n) is 2.01. The third-order valence-corrected chi connectivity index (χ3v) is 3.36. The molecule has 0 fully saturated rings. The Morgan fingerprint density at radius 1 is 1.10 bits per heavy atom. The van der Waals surface area contributed by atoms with Gasteiger partial charge in [-0.05, 0) is 29.3 Å². The molecule has 1 unspecified atom stereocenters. The van der Waals surface area contributed by atoms with Gasteiger partial charge >= 0.3 is 6.18 Å². The maximum Gasteiger partial charge on any atom is 0.419 e. The highest BCUT2D eigenvalue weighted by Gasteiger charge is 2.34. The number of hydrogen-bond acceptors (Lipinski definition) is 2. The molecule has 0 amide bonds. The predicted molar refractivity (Wildman–Crippen MR) is 72.0 cm³/mol. The van der Waals surface area contributed by atoms with Crippen molar-refractivity contribution in [3.8, 4) is 0 Å². The van der Waals surface area contributed by atoms with E-state index < -0.39 is 23.6 Å². The summed E-state index contributed by atoms with van der Waals surface area (Å²) < 4.78 is 51.6. The van der Waals surface area contributed by atoms with Crippen molar-refractivity contribution < 1.29 is 17.6 Å². The molecule has 1 atom stereocenters. The molecule has 2 nitrogen and oxygen atoms in total. The molecule has 2 rings (SSSR count). The average molecular weight is 319 g/mol. The van der Waals surface area contributed by atoms with E-state index in [2.05, 4.69) is 5.43 Å². The second-order valence-electron chi connectivity index (χ2n) is 4.36. The van der Waals surface area contributed by atoms with Gasteiger partial charge in [-0.15, -0.1) is 0 Å². The minimum Gasteiger partial charge on any atom is -0.271 e. The van der Waals surface area contributed by atoms with Gasteiger partial charge in [0.1, 0.15) is 5.82 Å². The largest absolute Gasteiger partial charge is 0.419 e. The van der Waals surface area contributed by atoms with Gasteiger partial charge in [-0.1, -0.05) is 35.9 Å². The summed E-state index contributed by atoms with van der Waals surface area (Å²) in [4.78, 5) is 0. The van der Waals surface area contributed by atoms with E-state index in [0.29, 0.717) is 10.6 Å². The number of rotatable bonds is 3. The first-order valence-electron chi connectivity index (χ1n) is 5.91.